The second-order valence-electron chi connectivity index (χ2n) is 4.14. The van der Waals surface area contributed by atoms with E-state index in [-0.39, 0.29) is 18.3 Å². The Bertz CT molecular complexity index is 451. The lowest BCUT2D eigenvalue weighted by atomic mass is 10.1. The van der Waals surface area contributed by atoms with E-state index in [1.165, 1.54) is 0 Å². The number of hydrogen-bond donors (Lipinski definition) is 0. The van der Waals surface area contributed by atoms with Gasteiger partial charge in [0.15, 0.2) is 6.61 Å². The summed E-state index contributed by atoms with van der Waals surface area (Å²) in [5, 5.41) is 0. The van der Waals surface area contributed by atoms with Crippen molar-refractivity contribution in [3.63, 3.8) is 0 Å². The van der Waals surface area contributed by atoms with Gasteiger partial charge in [0.05, 0.1) is 3.57 Å². The van der Waals surface area contributed by atoms with E-state index >= 15 is 0 Å². The van der Waals surface area contributed by atoms with Gasteiger partial charge in [-0.3, -0.25) is 9.59 Å². The first-order valence-electron chi connectivity index (χ1n) is 5.83. The molecule has 0 atom stereocenters. The van der Waals surface area contributed by atoms with E-state index in [1.54, 1.807) is 4.90 Å². The van der Waals surface area contributed by atoms with Crippen LogP contribution in [0.2, 0.25) is 0 Å². The highest BCUT2D eigenvalue weighted by Gasteiger charge is 2.20. The van der Waals surface area contributed by atoms with Crippen molar-refractivity contribution in [1.82, 2.24) is 4.90 Å². The average molecular weight is 359 g/mol. The molecule has 5 heteroatoms. The molecule has 0 spiro atoms. The van der Waals surface area contributed by atoms with Crippen molar-refractivity contribution in [1.29, 1.82) is 0 Å². The zero-order valence-electron chi connectivity index (χ0n) is 9.89. The van der Waals surface area contributed by atoms with Gasteiger partial charge in [0.1, 0.15) is 11.5 Å². The maximum Gasteiger partial charge on any atom is 0.260 e. The van der Waals surface area contributed by atoms with E-state index in [0.717, 1.165) is 9.32 Å². The van der Waals surface area contributed by atoms with Gasteiger partial charge in [-0.2, -0.15) is 0 Å². The molecule has 0 radical (unpaired) electrons. The third-order valence-electron chi connectivity index (χ3n) is 2.86. The van der Waals surface area contributed by atoms with Gasteiger partial charge in [-0.25, -0.2) is 0 Å². The average Bonchev–Trinajstić information content (AvgIpc) is 2.38. The molecule has 1 fully saturated rings. The Morgan fingerprint density at radius 3 is 2.61 bits per heavy atom. The van der Waals surface area contributed by atoms with Gasteiger partial charge >= 0.3 is 0 Å². The summed E-state index contributed by atoms with van der Waals surface area (Å²) in [5.41, 5.74) is 0. The van der Waals surface area contributed by atoms with Gasteiger partial charge in [-0.05, 0) is 34.7 Å². The Kier molecular flexibility index (Phi) is 4.57. The molecule has 0 saturated carbocycles. The summed E-state index contributed by atoms with van der Waals surface area (Å²) in [4.78, 5) is 24.7. The van der Waals surface area contributed by atoms with Crippen LogP contribution in [0.4, 0.5) is 0 Å². The van der Waals surface area contributed by atoms with E-state index in [0.29, 0.717) is 25.9 Å². The van der Waals surface area contributed by atoms with Crippen molar-refractivity contribution in [2.75, 3.05) is 19.7 Å². The van der Waals surface area contributed by atoms with Crippen molar-refractivity contribution in [3.05, 3.63) is 27.8 Å². The first-order valence-corrected chi connectivity index (χ1v) is 6.91. The number of rotatable bonds is 3. The normalized spacial score (nSPS) is 15.6. The second kappa shape index (κ2) is 6.17. The quantitative estimate of drug-likeness (QED) is 0.775. The molecule has 0 unspecified atom stereocenters. The van der Waals surface area contributed by atoms with Crippen LogP contribution in [0, 0.1) is 3.57 Å². The number of halogens is 1. The largest absolute Gasteiger partial charge is 0.483 e. The van der Waals surface area contributed by atoms with Crippen molar-refractivity contribution in [2.24, 2.45) is 0 Å². The molecule has 1 saturated heterocycles. The Hall–Kier alpha value is -1.11. The number of hydrogen-bond acceptors (Lipinski definition) is 3. The van der Waals surface area contributed by atoms with Gasteiger partial charge in [-0.1, -0.05) is 12.1 Å². The summed E-state index contributed by atoms with van der Waals surface area (Å²) >= 11 is 2.17. The smallest absolute Gasteiger partial charge is 0.260 e. The number of amides is 1. The minimum absolute atomic E-state index is 0.0359. The van der Waals surface area contributed by atoms with E-state index < -0.39 is 0 Å². The van der Waals surface area contributed by atoms with E-state index in [1.807, 2.05) is 24.3 Å². The van der Waals surface area contributed by atoms with E-state index in [9.17, 15) is 9.59 Å². The number of nitrogens with zero attached hydrogens (tertiary/aromatic N) is 1. The van der Waals surface area contributed by atoms with Crippen LogP contribution >= 0.6 is 22.6 Å². The minimum Gasteiger partial charge on any atom is -0.483 e. The molecule has 2 rings (SSSR count). The molecular weight excluding hydrogens is 345 g/mol. The predicted octanol–water partition coefficient (Wildman–Crippen LogP) is 1.86. The molecule has 1 aromatic carbocycles. The van der Waals surface area contributed by atoms with Crippen LogP contribution in [0.15, 0.2) is 24.3 Å². The van der Waals surface area contributed by atoms with Crippen LogP contribution < -0.4 is 4.74 Å². The first kappa shape index (κ1) is 13.3. The molecule has 1 heterocycles. The Morgan fingerprint density at radius 2 is 1.94 bits per heavy atom. The lowest BCUT2D eigenvalue weighted by molar-refractivity contribution is -0.136. The van der Waals surface area contributed by atoms with Crippen LogP contribution in [0.25, 0.3) is 0 Å². The van der Waals surface area contributed by atoms with Gasteiger partial charge in [0.25, 0.3) is 5.91 Å². The molecular formula is C13H14INO3. The molecule has 0 N–H and O–H groups in total. The molecule has 1 aliphatic heterocycles. The third kappa shape index (κ3) is 3.44. The highest BCUT2D eigenvalue weighted by atomic mass is 127. The second-order valence-corrected chi connectivity index (χ2v) is 5.30. The summed E-state index contributed by atoms with van der Waals surface area (Å²) in [6, 6.07) is 7.57. The van der Waals surface area contributed by atoms with Crippen molar-refractivity contribution < 1.29 is 14.3 Å². The molecule has 0 bridgehead atoms. The molecule has 1 amide bonds. The monoisotopic (exact) mass is 359 g/mol. The van der Waals surface area contributed by atoms with Gasteiger partial charge < -0.3 is 9.64 Å². The van der Waals surface area contributed by atoms with Gasteiger partial charge in [-0.15, -0.1) is 0 Å². The molecule has 0 aliphatic carbocycles. The molecule has 1 aromatic rings. The molecule has 18 heavy (non-hydrogen) atoms. The number of piperidine rings is 1. The van der Waals surface area contributed by atoms with Crippen LogP contribution in [0.5, 0.6) is 5.75 Å². The van der Waals surface area contributed by atoms with Crippen molar-refractivity contribution >= 4 is 34.3 Å². The van der Waals surface area contributed by atoms with Crippen LogP contribution in [-0.4, -0.2) is 36.3 Å². The summed E-state index contributed by atoms with van der Waals surface area (Å²) in [7, 11) is 0. The summed E-state index contributed by atoms with van der Waals surface area (Å²) in [6.07, 6.45) is 0.934. The zero-order chi connectivity index (χ0) is 13.0. The molecule has 1 aliphatic rings. The summed E-state index contributed by atoms with van der Waals surface area (Å²) < 4.78 is 6.48. The molecule has 4 nitrogen and oxygen atoms in total. The number of ketones is 1. The van der Waals surface area contributed by atoms with Gasteiger partial charge in [0.2, 0.25) is 0 Å². The summed E-state index contributed by atoms with van der Waals surface area (Å²) in [5.74, 6) is 0.902. The molecule has 0 aromatic heterocycles. The lowest BCUT2D eigenvalue weighted by Crippen LogP contribution is -2.41. The number of para-hydroxylation sites is 1. The molecule has 96 valence electrons. The number of carbonyl (C=O) groups excluding carboxylic acids is 2. The van der Waals surface area contributed by atoms with Crippen molar-refractivity contribution in [3.8, 4) is 5.75 Å². The predicted molar refractivity (Wildman–Crippen MR) is 75.5 cm³/mol. The van der Waals surface area contributed by atoms with Crippen LogP contribution in [-0.2, 0) is 9.59 Å². The number of ether oxygens (including phenoxy) is 1. The summed E-state index contributed by atoms with van der Waals surface area (Å²) in [6.45, 7) is 1.08. The maximum atomic E-state index is 11.9. The SMILES string of the molecule is O=C1CCN(C(=O)COc2ccccc2I)CC1. The van der Waals surface area contributed by atoms with Crippen molar-refractivity contribution in [2.45, 2.75) is 12.8 Å². The standard InChI is InChI=1S/C13H14INO3/c14-11-3-1-2-4-12(11)18-9-13(17)15-7-5-10(16)6-8-15/h1-4H,5-9H2. The maximum absolute atomic E-state index is 11.9. The fourth-order valence-electron chi connectivity index (χ4n) is 1.80. The zero-order valence-corrected chi connectivity index (χ0v) is 12.1. The highest BCUT2D eigenvalue weighted by molar-refractivity contribution is 14.1. The number of benzene rings is 1. The fourth-order valence-corrected chi connectivity index (χ4v) is 2.34. The Labute approximate surface area is 119 Å². The van der Waals surface area contributed by atoms with Crippen LogP contribution in [0.1, 0.15) is 12.8 Å². The van der Waals surface area contributed by atoms with E-state index in [4.69, 9.17) is 4.74 Å². The number of carbonyl (C=O) groups is 2. The highest BCUT2D eigenvalue weighted by Crippen LogP contribution is 2.19. The topological polar surface area (TPSA) is 46.6 Å². The number of likely N-dealkylation sites (tertiary alicyclic amines) is 1. The van der Waals surface area contributed by atoms with Crippen LogP contribution in [0.3, 0.4) is 0 Å². The van der Waals surface area contributed by atoms with E-state index in [2.05, 4.69) is 22.6 Å². The van der Waals surface area contributed by atoms with Gasteiger partial charge in [0, 0.05) is 25.9 Å². The lowest BCUT2D eigenvalue weighted by Gasteiger charge is -2.26. The Morgan fingerprint density at radius 1 is 1.28 bits per heavy atom. The first-order chi connectivity index (χ1) is 8.66. The fraction of sp³-hybridized carbons (Fsp3) is 0.385. The Balaban J connectivity index is 1.85. The third-order valence-corrected chi connectivity index (χ3v) is 3.75. The number of Topliss-reactive ketones (excluding diaryl/α,β-unsaturated/α-hetero) is 1. The minimum atomic E-state index is -0.0536.